The first-order valence-electron chi connectivity index (χ1n) is 9.30. The van der Waals surface area contributed by atoms with E-state index in [9.17, 15) is 4.79 Å². The summed E-state index contributed by atoms with van der Waals surface area (Å²) in [6, 6.07) is 7.30. The Morgan fingerprint density at radius 2 is 2.03 bits per heavy atom. The molecule has 2 aromatic heterocycles. The zero-order valence-corrected chi connectivity index (χ0v) is 17.0. The Morgan fingerprint density at radius 3 is 2.93 bits per heavy atom. The quantitative estimate of drug-likeness (QED) is 0.593. The van der Waals surface area contributed by atoms with Gasteiger partial charge in [-0.3, -0.25) is 9.78 Å². The number of halogens is 1. The largest absolute Gasteiger partial charge is 0.454 e. The summed E-state index contributed by atoms with van der Waals surface area (Å²) < 4.78 is 17.5. The van der Waals surface area contributed by atoms with Crippen LogP contribution in [0.15, 0.2) is 45.5 Å². The molecular weight excluding hydrogens is 440 g/mol. The van der Waals surface area contributed by atoms with Crippen LogP contribution in [0.25, 0.3) is 11.5 Å². The predicted molar refractivity (Wildman–Crippen MR) is 106 cm³/mol. The number of ether oxygens (including phenoxy) is 2. The molecular formula is C20H17BrN4O4. The zero-order valence-electron chi connectivity index (χ0n) is 15.4. The molecule has 3 aromatic rings. The Hall–Kier alpha value is -2.94. The number of pyridine rings is 1. The maximum atomic E-state index is 12.8. The van der Waals surface area contributed by atoms with Gasteiger partial charge in [0.2, 0.25) is 18.6 Å². The van der Waals surface area contributed by atoms with E-state index in [1.807, 2.05) is 23.1 Å². The number of hydrogen-bond acceptors (Lipinski definition) is 7. The van der Waals surface area contributed by atoms with E-state index in [2.05, 4.69) is 31.1 Å². The van der Waals surface area contributed by atoms with Gasteiger partial charge in [-0.15, -0.1) is 10.2 Å². The van der Waals surface area contributed by atoms with E-state index in [1.54, 1.807) is 18.5 Å². The van der Waals surface area contributed by atoms with Crippen molar-refractivity contribution in [3.05, 3.63) is 52.6 Å². The number of rotatable bonds is 3. The highest BCUT2D eigenvalue weighted by atomic mass is 79.9. The standard InChI is InChI=1S/C20H17BrN4O4/c21-15-6-14(8-22-9-15)20(26)25-5-1-2-13(10-25)19-24-23-18(29-19)12-3-4-16-17(7-12)28-11-27-16/h3-4,6-9,13H,1-2,5,10-11H2. The van der Waals surface area contributed by atoms with Crippen LogP contribution in [-0.2, 0) is 0 Å². The molecule has 0 saturated carbocycles. The van der Waals surface area contributed by atoms with Crippen molar-refractivity contribution in [2.45, 2.75) is 18.8 Å². The number of fused-ring (bicyclic) bond motifs is 1. The molecule has 8 nitrogen and oxygen atoms in total. The first-order chi connectivity index (χ1) is 14.2. The highest BCUT2D eigenvalue weighted by Gasteiger charge is 2.29. The van der Waals surface area contributed by atoms with Crippen LogP contribution in [0.3, 0.4) is 0 Å². The molecule has 0 N–H and O–H groups in total. The van der Waals surface area contributed by atoms with Gasteiger partial charge in [0.25, 0.3) is 5.91 Å². The molecule has 0 radical (unpaired) electrons. The van der Waals surface area contributed by atoms with Crippen LogP contribution >= 0.6 is 15.9 Å². The maximum Gasteiger partial charge on any atom is 0.255 e. The van der Waals surface area contributed by atoms with E-state index in [0.29, 0.717) is 41.9 Å². The van der Waals surface area contributed by atoms with Gasteiger partial charge in [-0.25, -0.2) is 0 Å². The highest BCUT2D eigenvalue weighted by Crippen LogP contribution is 2.36. The van der Waals surface area contributed by atoms with Crippen molar-refractivity contribution in [1.82, 2.24) is 20.1 Å². The van der Waals surface area contributed by atoms with Crippen molar-refractivity contribution >= 4 is 21.8 Å². The molecule has 1 aromatic carbocycles. The number of carbonyl (C=O) groups excluding carboxylic acids is 1. The molecule has 1 amide bonds. The van der Waals surface area contributed by atoms with Gasteiger partial charge in [0.1, 0.15) is 0 Å². The number of amides is 1. The summed E-state index contributed by atoms with van der Waals surface area (Å²) in [6.45, 7) is 1.45. The van der Waals surface area contributed by atoms with Crippen molar-refractivity contribution < 1.29 is 18.7 Å². The Kier molecular flexibility index (Phi) is 4.67. The zero-order chi connectivity index (χ0) is 19.8. The van der Waals surface area contributed by atoms with Gasteiger partial charge < -0.3 is 18.8 Å². The Labute approximate surface area is 175 Å². The van der Waals surface area contributed by atoms with Crippen LogP contribution in [0.2, 0.25) is 0 Å². The third-order valence-corrected chi connectivity index (χ3v) is 5.50. The lowest BCUT2D eigenvalue weighted by Crippen LogP contribution is -2.39. The average molecular weight is 457 g/mol. The maximum absolute atomic E-state index is 12.8. The molecule has 1 saturated heterocycles. The number of nitrogens with zero attached hydrogens (tertiary/aromatic N) is 4. The minimum Gasteiger partial charge on any atom is -0.454 e. The van der Waals surface area contributed by atoms with E-state index < -0.39 is 0 Å². The smallest absolute Gasteiger partial charge is 0.255 e. The third-order valence-electron chi connectivity index (χ3n) is 5.07. The summed E-state index contributed by atoms with van der Waals surface area (Å²) in [5, 5.41) is 8.44. The first-order valence-corrected chi connectivity index (χ1v) is 10.1. The molecule has 148 valence electrons. The van der Waals surface area contributed by atoms with Crippen LogP contribution < -0.4 is 9.47 Å². The van der Waals surface area contributed by atoms with Gasteiger partial charge in [-0.1, -0.05) is 0 Å². The van der Waals surface area contributed by atoms with Gasteiger partial charge in [0.05, 0.1) is 11.5 Å². The first kappa shape index (κ1) is 18.1. The number of aromatic nitrogens is 3. The van der Waals surface area contributed by atoms with Crippen molar-refractivity contribution in [1.29, 1.82) is 0 Å². The fraction of sp³-hybridized carbons (Fsp3) is 0.300. The Morgan fingerprint density at radius 1 is 1.14 bits per heavy atom. The van der Waals surface area contributed by atoms with Crippen LogP contribution in [0, 0.1) is 0 Å². The summed E-state index contributed by atoms with van der Waals surface area (Å²) in [5.41, 5.74) is 1.34. The number of hydrogen-bond donors (Lipinski definition) is 0. The summed E-state index contributed by atoms with van der Waals surface area (Å²) in [7, 11) is 0. The fourth-order valence-corrected chi connectivity index (χ4v) is 3.99. The van der Waals surface area contributed by atoms with Gasteiger partial charge in [0, 0.05) is 35.5 Å². The fourth-order valence-electron chi connectivity index (χ4n) is 3.62. The van der Waals surface area contributed by atoms with Gasteiger partial charge in [-0.05, 0) is 53.0 Å². The van der Waals surface area contributed by atoms with Crippen LogP contribution in [0.4, 0.5) is 0 Å². The van der Waals surface area contributed by atoms with E-state index in [4.69, 9.17) is 13.9 Å². The van der Waals surface area contributed by atoms with E-state index in [0.717, 1.165) is 22.9 Å². The number of carbonyl (C=O) groups is 1. The van der Waals surface area contributed by atoms with Crippen molar-refractivity contribution in [2.75, 3.05) is 19.9 Å². The molecule has 1 atom stereocenters. The van der Waals surface area contributed by atoms with Crippen LogP contribution in [0.1, 0.15) is 35.0 Å². The Bertz CT molecular complexity index is 1070. The monoisotopic (exact) mass is 456 g/mol. The minimum absolute atomic E-state index is 0.00285. The number of likely N-dealkylation sites (tertiary alicyclic amines) is 1. The lowest BCUT2D eigenvalue weighted by Gasteiger charge is -2.31. The minimum atomic E-state index is -0.0426. The normalized spacial score (nSPS) is 18.1. The lowest BCUT2D eigenvalue weighted by atomic mass is 9.97. The molecule has 9 heteroatoms. The van der Waals surface area contributed by atoms with E-state index in [1.165, 1.54) is 0 Å². The average Bonchev–Trinajstić information content (AvgIpc) is 3.42. The van der Waals surface area contributed by atoms with Crippen LogP contribution in [0.5, 0.6) is 11.5 Å². The molecule has 1 unspecified atom stereocenters. The summed E-state index contributed by atoms with van der Waals surface area (Å²) in [6.07, 6.45) is 5.01. The highest BCUT2D eigenvalue weighted by molar-refractivity contribution is 9.10. The van der Waals surface area contributed by atoms with Gasteiger partial charge >= 0.3 is 0 Å². The third kappa shape index (κ3) is 3.57. The van der Waals surface area contributed by atoms with Crippen molar-refractivity contribution in [3.63, 3.8) is 0 Å². The SMILES string of the molecule is O=C(c1cncc(Br)c1)N1CCCC(c2nnc(-c3ccc4c(c3)OCO4)o2)C1. The predicted octanol–water partition coefficient (Wildman–Crippen LogP) is 3.64. The van der Waals surface area contributed by atoms with Crippen LogP contribution in [-0.4, -0.2) is 45.9 Å². The van der Waals surface area contributed by atoms with Gasteiger partial charge in [0.15, 0.2) is 11.5 Å². The molecule has 2 aliphatic heterocycles. The molecule has 4 heterocycles. The molecule has 0 spiro atoms. The summed E-state index contributed by atoms with van der Waals surface area (Å²) in [4.78, 5) is 18.7. The molecule has 0 aliphatic carbocycles. The Balaban J connectivity index is 1.33. The molecule has 1 fully saturated rings. The van der Waals surface area contributed by atoms with Crippen molar-refractivity contribution in [2.24, 2.45) is 0 Å². The molecule has 29 heavy (non-hydrogen) atoms. The molecule has 2 aliphatic rings. The second-order valence-corrected chi connectivity index (χ2v) is 7.91. The van der Waals surface area contributed by atoms with Gasteiger partial charge in [-0.2, -0.15) is 0 Å². The summed E-state index contributed by atoms with van der Waals surface area (Å²) in [5.74, 6) is 2.30. The lowest BCUT2D eigenvalue weighted by molar-refractivity contribution is 0.0698. The number of piperidine rings is 1. The van der Waals surface area contributed by atoms with E-state index >= 15 is 0 Å². The molecule has 5 rings (SSSR count). The number of benzene rings is 1. The molecule has 0 bridgehead atoms. The van der Waals surface area contributed by atoms with E-state index in [-0.39, 0.29) is 18.6 Å². The second-order valence-electron chi connectivity index (χ2n) is 7.00. The summed E-state index contributed by atoms with van der Waals surface area (Å²) >= 11 is 3.36. The van der Waals surface area contributed by atoms with Crippen molar-refractivity contribution in [3.8, 4) is 23.0 Å². The topological polar surface area (TPSA) is 90.6 Å². The second kappa shape index (κ2) is 7.47.